The van der Waals surface area contributed by atoms with Crippen molar-refractivity contribution < 1.29 is 19.8 Å². The van der Waals surface area contributed by atoms with Gasteiger partial charge in [-0.05, 0) is 13.8 Å². The van der Waals surface area contributed by atoms with Gasteiger partial charge in [-0.15, -0.1) is 11.8 Å². The molecule has 2 aliphatic rings. The molecule has 3 rings (SSSR count). The molecule has 1 aromatic rings. The van der Waals surface area contributed by atoms with Crippen LogP contribution in [0.5, 0.6) is 5.88 Å². The fourth-order valence-electron chi connectivity index (χ4n) is 3.26. The number of hydrogen-bond donors (Lipinski definition) is 2. The van der Waals surface area contributed by atoms with Crippen LogP contribution in [-0.2, 0) is 23.7 Å². The molecule has 0 spiro atoms. The zero-order chi connectivity index (χ0) is 19.5. The molecule has 0 aliphatic carbocycles. The molecule has 3 atom stereocenters. The van der Waals surface area contributed by atoms with Gasteiger partial charge in [0.15, 0.2) is 6.04 Å². The van der Waals surface area contributed by atoms with E-state index in [9.17, 15) is 29.4 Å². The smallest absolute Gasteiger partial charge is 0.333 e. The fraction of sp³-hybridized carbons (Fsp3) is 0.533. The maximum absolute atomic E-state index is 12.4. The average molecular weight is 382 g/mol. The number of carboxylic acids is 1. The Morgan fingerprint density at radius 3 is 2.42 bits per heavy atom. The van der Waals surface area contributed by atoms with Crippen molar-refractivity contribution in [3.8, 4) is 5.88 Å². The predicted molar refractivity (Wildman–Crippen MR) is 93.7 cm³/mol. The number of amides is 1. The van der Waals surface area contributed by atoms with Crippen molar-refractivity contribution in [2.75, 3.05) is 0 Å². The number of β-lactam (4-membered cyclic amide) rings is 1. The summed E-state index contributed by atoms with van der Waals surface area (Å²) < 4.78 is 1.04. The first-order valence-corrected chi connectivity index (χ1v) is 8.62. The Labute approximate surface area is 151 Å². The second-order valence-electron chi connectivity index (χ2n) is 6.76. The lowest BCUT2D eigenvalue weighted by atomic mass is 9.96. The van der Waals surface area contributed by atoms with Gasteiger partial charge in [0, 0.05) is 25.1 Å². The Morgan fingerprint density at radius 2 is 1.85 bits per heavy atom. The lowest BCUT2D eigenvalue weighted by molar-refractivity contribution is -0.158. The number of carboxylic acid groups (broad SMARTS) is 1. The molecule has 2 aliphatic heterocycles. The topological polar surface area (TPSA) is 134 Å². The van der Waals surface area contributed by atoms with Gasteiger partial charge >= 0.3 is 11.7 Å². The second kappa shape index (κ2) is 5.73. The van der Waals surface area contributed by atoms with Crippen LogP contribution in [0.4, 0.5) is 0 Å². The summed E-state index contributed by atoms with van der Waals surface area (Å²) in [5.41, 5.74) is -1.63. The third kappa shape index (κ3) is 2.37. The van der Waals surface area contributed by atoms with Gasteiger partial charge in [-0.2, -0.15) is 0 Å². The van der Waals surface area contributed by atoms with Crippen molar-refractivity contribution in [3.63, 3.8) is 0 Å². The van der Waals surface area contributed by atoms with E-state index in [2.05, 4.69) is 4.99 Å². The number of hydrogen-bond acceptors (Lipinski definition) is 7. The zero-order valence-electron chi connectivity index (χ0n) is 14.5. The normalized spacial score (nSPS) is 26.8. The number of fused-ring (bicyclic) bond motifs is 1. The summed E-state index contributed by atoms with van der Waals surface area (Å²) in [6.45, 7) is 3.49. The van der Waals surface area contributed by atoms with Crippen LogP contribution in [-0.4, -0.2) is 64.5 Å². The van der Waals surface area contributed by atoms with Crippen LogP contribution in [0.2, 0.25) is 0 Å². The van der Waals surface area contributed by atoms with Gasteiger partial charge in [0.25, 0.3) is 11.5 Å². The Bertz CT molecular complexity index is 962. The third-order valence-electron chi connectivity index (χ3n) is 4.68. The molecule has 1 aromatic heterocycles. The van der Waals surface area contributed by atoms with E-state index in [1.165, 1.54) is 30.8 Å². The second-order valence-corrected chi connectivity index (χ2v) is 8.54. The van der Waals surface area contributed by atoms with Gasteiger partial charge in [-0.25, -0.2) is 9.59 Å². The molecule has 1 unspecified atom stereocenters. The standard InChI is InChI=1S/C15H18N4O6S/c1-15(2)8(13(23)24)19-11(22)7(12(19)26-15)16-5-6-9(20)17(3)14(25)18(4)10(6)21/h5,7-8,12,20H,1-4H3,(H,23,24)/t7-,8?,12-/m1/s1. The minimum Gasteiger partial charge on any atom is -0.494 e. The molecule has 10 nitrogen and oxygen atoms in total. The van der Waals surface area contributed by atoms with Crippen LogP contribution in [0.15, 0.2) is 14.6 Å². The van der Waals surface area contributed by atoms with Crippen molar-refractivity contribution >= 4 is 29.9 Å². The molecule has 0 radical (unpaired) electrons. The first-order valence-electron chi connectivity index (χ1n) is 7.74. The molecular weight excluding hydrogens is 364 g/mol. The van der Waals surface area contributed by atoms with E-state index in [-0.39, 0.29) is 5.56 Å². The average Bonchev–Trinajstić information content (AvgIpc) is 2.82. The highest BCUT2D eigenvalue weighted by atomic mass is 32.2. The van der Waals surface area contributed by atoms with Gasteiger partial charge < -0.3 is 15.1 Å². The zero-order valence-corrected chi connectivity index (χ0v) is 15.4. The van der Waals surface area contributed by atoms with Crippen molar-refractivity contribution in [2.24, 2.45) is 19.1 Å². The number of carbonyl (C=O) groups excluding carboxylic acids is 1. The summed E-state index contributed by atoms with van der Waals surface area (Å²) in [5, 5.41) is 19.0. The first-order chi connectivity index (χ1) is 12.0. The molecule has 2 N–H and O–H groups in total. The Balaban J connectivity index is 1.94. The summed E-state index contributed by atoms with van der Waals surface area (Å²) in [7, 11) is 2.57. The molecule has 140 valence electrons. The van der Waals surface area contributed by atoms with Crippen LogP contribution in [0.25, 0.3) is 0 Å². The van der Waals surface area contributed by atoms with Crippen LogP contribution in [0.1, 0.15) is 19.4 Å². The van der Waals surface area contributed by atoms with Crippen molar-refractivity contribution in [1.29, 1.82) is 0 Å². The number of rotatable bonds is 3. The summed E-state index contributed by atoms with van der Waals surface area (Å²) in [4.78, 5) is 53.1. The first kappa shape index (κ1) is 18.2. The number of nitrogens with zero attached hydrogens (tertiary/aromatic N) is 4. The van der Waals surface area contributed by atoms with Gasteiger partial charge in [0.05, 0.1) is 0 Å². The highest BCUT2D eigenvalue weighted by molar-refractivity contribution is 8.01. The lowest BCUT2D eigenvalue weighted by Crippen LogP contribution is -2.64. The van der Waals surface area contributed by atoms with Gasteiger partial charge in [-0.1, -0.05) is 0 Å². The predicted octanol–water partition coefficient (Wildman–Crippen LogP) is -1.28. The Morgan fingerprint density at radius 1 is 1.23 bits per heavy atom. The maximum atomic E-state index is 12.4. The molecule has 11 heteroatoms. The largest absolute Gasteiger partial charge is 0.494 e. The highest BCUT2D eigenvalue weighted by Gasteiger charge is 2.63. The van der Waals surface area contributed by atoms with E-state index in [4.69, 9.17) is 0 Å². The third-order valence-corrected chi connectivity index (χ3v) is 6.24. The summed E-state index contributed by atoms with van der Waals surface area (Å²) in [5.74, 6) is -2.07. The van der Waals surface area contributed by atoms with E-state index < -0.39 is 51.2 Å². The SMILES string of the molecule is Cn1c(O)c(C=N[C@@H]2C(=O)N3C(C(=O)O)C(C)(C)S[C@H]23)c(=O)n(C)c1=O. The van der Waals surface area contributed by atoms with Crippen molar-refractivity contribution in [1.82, 2.24) is 14.0 Å². The monoisotopic (exact) mass is 382 g/mol. The fourth-order valence-corrected chi connectivity index (χ4v) is 4.88. The van der Waals surface area contributed by atoms with E-state index >= 15 is 0 Å². The number of thioether (sulfide) groups is 1. The van der Waals surface area contributed by atoms with Crippen LogP contribution >= 0.6 is 11.8 Å². The molecule has 0 bridgehead atoms. The minimum absolute atomic E-state index is 0.210. The van der Waals surface area contributed by atoms with Crippen LogP contribution in [0, 0.1) is 0 Å². The molecule has 2 fully saturated rings. The van der Waals surface area contributed by atoms with Crippen molar-refractivity contribution in [2.45, 2.75) is 36.1 Å². The van der Waals surface area contributed by atoms with Gasteiger partial charge in [0.2, 0.25) is 5.88 Å². The Kier molecular flexibility index (Phi) is 4.02. The summed E-state index contributed by atoms with van der Waals surface area (Å²) >= 11 is 1.33. The van der Waals surface area contributed by atoms with Crippen molar-refractivity contribution in [3.05, 3.63) is 26.4 Å². The molecule has 2 saturated heterocycles. The Hall–Kier alpha value is -2.56. The number of aromatic hydroxyl groups is 1. The van der Waals surface area contributed by atoms with Crippen LogP contribution in [0.3, 0.4) is 0 Å². The quantitative estimate of drug-likeness (QED) is 0.491. The molecule has 26 heavy (non-hydrogen) atoms. The molecule has 1 amide bonds. The number of aromatic nitrogens is 2. The van der Waals surface area contributed by atoms with Crippen LogP contribution < -0.4 is 11.2 Å². The lowest BCUT2D eigenvalue weighted by Gasteiger charge is -2.41. The van der Waals surface area contributed by atoms with E-state index in [1.807, 2.05) is 0 Å². The van der Waals surface area contributed by atoms with E-state index in [0.717, 1.165) is 15.3 Å². The van der Waals surface area contributed by atoms with Gasteiger partial charge in [-0.3, -0.25) is 23.7 Å². The molecular formula is C15H18N4O6S. The van der Waals surface area contributed by atoms with E-state index in [1.54, 1.807) is 13.8 Å². The summed E-state index contributed by atoms with van der Waals surface area (Å²) in [6, 6.07) is -1.79. The molecule has 0 saturated carbocycles. The van der Waals surface area contributed by atoms with E-state index in [0.29, 0.717) is 0 Å². The number of aliphatic carboxylic acids is 1. The number of carbonyl (C=O) groups is 2. The molecule has 3 heterocycles. The highest BCUT2D eigenvalue weighted by Crippen LogP contribution is 2.51. The van der Waals surface area contributed by atoms with Gasteiger partial charge in [0.1, 0.15) is 17.0 Å². The molecule has 0 aromatic carbocycles. The summed E-state index contributed by atoms with van der Waals surface area (Å²) in [6.07, 6.45) is 1.07. The maximum Gasteiger partial charge on any atom is 0.333 e. The minimum atomic E-state index is -1.08. The number of aliphatic imine (C=N–C) groups is 1.